The lowest BCUT2D eigenvalue weighted by atomic mass is 9.91. The molecule has 0 spiro atoms. The Morgan fingerprint density at radius 2 is 1.59 bits per heavy atom. The minimum absolute atomic E-state index is 0.0415. The van der Waals surface area contributed by atoms with Gasteiger partial charge in [0.2, 0.25) is 0 Å². The van der Waals surface area contributed by atoms with Crippen LogP contribution in [-0.2, 0) is 39.8 Å². The third-order valence-corrected chi connectivity index (χ3v) is 5.70. The second-order valence-corrected chi connectivity index (χ2v) is 8.17. The Morgan fingerprint density at radius 1 is 0.966 bits per heavy atom. The lowest BCUT2D eigenvalue weighted by molar-refractivity contribution is -0.212. The fourth-order valence-electron chi connectivity index (χ4n) is 3.24. The van der Waals surface area contributed by atoms with E-state index in [9.17, 15) is 14.4 Å². The zero-order valence-electron chi connectivity index (χ0n) is 17.2. The molecule has 0 amide bonds. The summed E-state index contributed by atoms with van der Waals surface area (Å²) in [6, 6.07) is 10.0. The average molecular weight is 425 g/mol. The van der Waals surface area contributed by atoms with Crippen molar-refractivity contribution >= 4 is 29.7 Å². The summed E-state index contributed by atoms with van der Waals surface area (Å²) >= 11 is 1.52. The van der Waals surface area contributed by atoms with Gasteiger partial charge in [-0.3, -0.25) is 14.4 Å². The van der Waals surface area contributed by atoms with Crippen LogP contribution < -0.4 is 0 Å². The zero-order chi connectivity index (χ0) is 21.4. The maximum Gasteiger partial charge on any atom is 0.303 e. The second-order valence-electron chi connectivity index (χ2n) is 6.96. The van der Waals surface area contributed by atoms with Gasteiger partial charge in [0.05, 0.1) is 0 Å². The molecule has 1 aliphatic rings. The lowest BCUT2D eigenvalue weighted by Crippen LogP contribution is -2.56. The van der Waals surface area contributed by atoms with Crippen LogP contribution in [0.25, 0.3) is 0 Å². The van der Waals surface area contributed by atoms with Crippen molar-refractivity contribution in [1.82, 2.24) is 0 Å². The van der Waals surface area contributed by atoms with E-state index in [4.69, 9.17) is 18.9 Å². The Labute approximate surface area is 175 Å². The number of rotatable bonds is 8. The fraction of sp³-hybridized carbons (Fsp3) is 0.571. The van der Waals surface area contributed by atoms with Crippen LogP contribution in [0.2, 0.25) is 0 Å². The SMILES string of the molecule is CC(=O)OCC1O[C@H](SCCc2ccccc2)C(OC(C)=O)C(C)[C@H]1OC(C)=O. The van der Waals surface area contributed by atoms with Crippen LogP contribution in [0.1, 0.15) is 33.3 Å². The molecule has 0 aromatic heterocycles. The monoisotopic (exact) mass is 424 g/mol. The van der Waals surface area contributed by atoms with Crippen LogP contribution in [0.4, 0.5) is 0 Å². The Balaban J connectivity index is 2.12. The highest BCUT2D eigenvalue weighted by Crippen LogP contribution is 2.36. The van der Waals surface area contributed by atoms with Crippen molar-refractivity contribution in [3.8, 4) is 0 Å². The molecule has 0 N–H and O–H groups in total. The molecule has 1 aliphatic heterocycles. The minimum Gasteiger partial charge on any atom is -0.463 e. The second kappa shape index (κ2) is 11.2. The molecule has 0 bridgehead atoms. The Kier molecular flexibility index (Phi) is 8.98. The van der Waals surface area contributed by atoms with Gasteiger partial charge in [-0.25, -0.2) is 0 Å². The minimum atomic E-state index is -0.692. The van der Waals surface area contributed by atoms with E-state index in [-0.39, 0.29) is 12.5 Å². The number of ether oxygens (including phenoxy) is 4. The topological polar surface area (TPSA) is 88.1 Å². The van der Waals surface area contributed by atoms with Crippen molar-refractivity contribution in [2.24, 2.45) is 5.92 Å². The first-order valence-corrected chi connectivity index (χ1v) is 10.6. The molecule has 5 atom stereocenters. The van der Waals surface area contributed by atoms with Gasteiger partial charge in [-0.15, -0.1) is 11.8 Å². The predicted molar refractivity (Wildman–Crippen MR) is 108 cm³/mol. The van der Waals surface area contributed by atoms with Gasteiger partial charge in [-0.1, -0.05) is 37.3 Å². The number of carbonyl (C=O) groups excluding carboxylic acids is 3. The van der Waals surface area contributed by atoms with Gasteiger partial charge in [-0.05, 0) is 17.7 Å². The van der Waals surface area contributed by atoms with Crippen molar-refractivity contribution in [1.29, 1.82) is 0 Å². The maximum absolute atomic E-state index is 11.7. The van der Waals surface area contributed by atoms with Crippen molar-refractivity contribution in [3.05, 3.63) is 35.9 Å². The van der Waals surface area contributed by atoms with E-state index in [1.54, 1.807) is 0 Å². The molecule has 3 unspecified atom stereocenters. The van der Waals surface area contributed by atoms with Crippen LogP contribution in [0.5, 0.6) is 0 Å². The van der Waals surface area contributed by atoms with Crippen LogP contribution in [0.15, 0.2) is 30.3 Å². The zero-order valence-corrected chi connectivity index (χ0v) is 18.0. The lowest BCUT2D eigenvalue weighted by Gasteiger charge is -2.44. The van der Waals surface area contributed by atoms with E-state index >= 15 is 0 Å². The number of carbonyl (C=O) groups is 3. The normalized spacial score (nSPS) is 26.4. The highest BCUT2D eigenvalue weighted by Gasteiger charge is 2.47. The predicted octanol–water partition coefficient (Wildman–Crippen LogP) is 2.75. The summed E-state index contributed by atoms with van der Waals surface area (Å²) in [6.45, 7) is 5.75. The molecule has 160 valence electrons. The molecule has 0 saturated carbocycles. The van der Waals surface area contributed by atoms with Crippen LogP contribution in [0, 0.1) is 5.92 Å². The molecule has 7 nitrogen and oxygen atoms in total. The number of aryl methyl sites for hydroxylation is 1. The summed E-state index contributed by atoms with van der Waals surface area (Å²) in [5, 5.41) is 0. The standard InChI is InChI=1S/C21H28O7S/c1-13-19(26-15(3)23)18(12-25-14(2)22)28-21(20(13)27-16(4)24)29-11-10-17-8-6-5-7-9-17/h5-9,13,18-21H,10-12H2,1-4H3/t13?,18?,19-,20?,21-/m1/s1. The fourth-order valence-corrected chi connectivity index (χ4v) is 4.54. The Bertz CT molecular complexity index is 692. The molecular weight excluding hydrogens is 396 g/mol. The average Bonchev–Trinajstić information content (AvgIpc) is 2.65. The first-order valence-electron chi connectivity index (χ1n) is 9.56. The first-order chi connectivity index (χ1) is 13.8. The molecule has 1 aromatic rings. The van der Waals surface area contributed by atoms with Gasteiger partial charge < -0.3 is 18.9 Å². The molecule has 29 heavy (non-hydrogen) atoms. The van der Waals surface area contributed by atoms with Gasteiger partial charge in [0, 0.05) is 26.7 Å². The quantitative estimate of drug-likeness (QED) is 0.465. The summed E-state index contributed by atoms with van der Waals surface area (Å²) in [5.74, 6) is -0.934. The Hall–Kier alpha value is -2.06. The molecule has 0 aliphatic carbocycles. The maximum atomic E-state index is 11.7. The van der Waals surface area contributed by atoms with E-state index in [1.165, 1.54) is 38.1 Å². The van der Waals surface area contributed by atoms with E-state index < -0.39 is 41.7 Å². The third-order valence-electron chi connectivity index (χ3n) is 4.55. The molecule has 1 aromatic carbocycles. The molecule has 1 fully saturated rings. The van der Waals surface area contributed by atoms with E-state index in [2.05, 4.69) is 12.1 Å². The van der Waals surface area contributed by atoms with Gasteiger partial charge in [-0.2, -0.15) is 0 Å². The van der Waals surface area contributed by atoms with E-state index in [0.29, 0.717) is 0 Å². The van der Waals surface area contributed by atoms with Crippen molar-refractivity contribution < 1.29 is 33.3 Å². The van der Waals surface area contributed by atoms with Gasteiger partial charge in [0.15, 0.2) is 0 Å². The van der Waals surface area contributed by atoms with E-state index in [0.717, 1.165) is 12.2 Å². The highest BCUT2D eigenvalue weighted by atomic mass is 32.2. The first kappa shape index (κ1) is 23.2. The summed E-state index contributed by atoms with van der Waals surface area (Å²) < 4.78 is 22.2. The van der Waals surface area contributed by atoms with Gasteiger partial charge in [0.1, 0.15) is 30.4 Å². The molecule has 0 radical (unpaired) electrons. The van der Waals surface area contributed by atoms with Crippen LogP contribution in [0.3, 0.4) is 0 Å². The summed E-state index contributed by atoms with van der Waals surface area (Å²) in [7, 11) is 0. The number of hydrogen-bond acceptors (Lipinski definition) is 8. The number of hydrogen-bond donors (Lipinski definition) is 0. The highest BCUT2D eigenvalue weighted by molar-refractivity contribution is 7.99. The molecule has 8 heteroatoms. The number of esters is 3. The third kappa shape index (κ3) is 7.36. The van der Waals surface area contributed by atoms with Crippen LogP contribution in [-0.4, -0.2) is 54.0 Å². The summed E-state index contributed by atoms with van der Waals surface area (Å²) in [4.78, 5) is 34.5. The van der Waals surface area contributed by atoms with Crippen LogP contribution >= 0.6 is 11.8 Å². The van der Waals surface area contributed by atoms with Crippen molar-refractivity contribution in [2.75, 3.05) is 12.4 Å². The van der Waals surface area contributed by atoms with Crippen molar-refractivity contribution in [3.63, 3.8) is 0 Å². The summed E-state index contributed by atoms with van der Waals surface area (Å²) in [5.41, 5.74) is 0.729. The largest absolute Gasteiger partial charge is 0.463 e. The summed E-state index contributed by atoms with van der Waals surface area (Å²) in [6.07, 6.45) is -1.10. The number of benzene rings is 1. The number of thioether (sulfide) groups is 1. The smallest absolute Gasteiger partial charge is 0.303 e. The van der Waals surface area contributed by atoms with E-state index in [1.807, 2.05) is 25.1 Å². The molecule has 1 heterocycles. The molecule has 2 rings (SSSR count). The molecule has 1 saturated heterocycles. The molecular formula is C21H28O7S. The van der Waals surface area contributed by atoms with Gasteiger partial charge >= 0.3 is 17.9 Å². The Morgan fingerprint density at radius 3 is 2.17 bits per heavy atom. The van der Waals surface area contributed by atoms with Crippen molar-refractivity contribution in [2.45, 2.75) is 57.9 Å². The van der Waals surface area contributed by atoms with Gasteiger partial charge in [0.25, 0.3) is 0 Å².